The first-order valence-electron chi connectivity index (χ1n) is 5.76. The summed E-state index contributed by atoms with van der Waals surface area (Å²) in [5.74, 6) is 0.646. The number of rotatable bonds is 1. The van der Waals surface area contributed by atoms with E-state index in [1.165, 1.54) is 25.7 Å². The largest absolute Gasteiger partial charge is 0.349 e. The van der Waals surface area contributed by atoms with Crippen LogP contribution in [0.15, 0.2) is 0 Å². The molecular formula is C10H15NO2S3. The summed E-state index contributed by atoms with van der Waals surface area (Å²) in [5.41, 5.74) is 0. The predicted octanol–water partition coefficient (Wildman–Crippen LogP) is 1.43. The highest BCUT2D eigenvalue weighted by Gasteiger charge is 2.50. The van der Waals surface area contributed by atoms with Crippen molar-refractivity contribution in [2.75, 3.05) is 11.5 Å². The molecule has 3 nitrogen and oxygen atoms in total. The molecule has 1 aliphatic carbocycles. The molecule has 90 valence electrons. The molecule has 2 atom stereocenters. The molecule has 0 radical (unpaired) electrons. The first-order valence-corrected chi connectivity index (χ1v) is 8.87. The number of fused-ring (bicyclic) bond motifs is 1. The third-order valence-corrected chi connectivity index (χ3v) is 7.43. The van der Waals surface area contributed by atoms with Gasteiger partial charge in [0.15, 0.2) is 9.84 Å². The van der Waals surface area contributed by atoms with E-state index in [2.05, 4.69) is 4.90 Å². The molecule has 3 rings (SSSR count). The van der Waals surface area contributed by atoms with Gasteiger partial charge in [-0.2, -0.15) is 0 Å². The van der Waals surface area contributed by atoms with Gasteiger partial charge in [0.1, 0.15) is 4.32 Å². The predicted molar refractivity (Wildman–Crippen MR) is 70.5 cm³/mol. The van der Waals surface area contributed by atoms with E-state index in [1.54, 1.807) is 11.8 Å². The lowest BCUT2D eigenvalue weighted by molar-refractivity contribution is 0.275. The molecule has 0 spiro atoms. The summed E-state index contributed by atoms with van der Waals surface area (Å²) in [7, 11) is -2.81. The maximum absolute atomic E-state index is 11.6. The molecule has 1 saturated carbocycles. The highest BCUT2D eigenvalue weighted by Crippen LogP contribution is 2.42. The van der Waals surface area contributed by atoms with Gasteiger partial charge in [-0.05, 0) is 12.8 Å². The Labute approximate surface area is 106 Å². The topological polar surface area (TPSA) is 37.4 Å². The molecule has 0 aromatic heterocycles. The summed E-state index contributed by atoms with van der Waals surface area (Å²) >= 11 is 7.01. The molecule has 0 N–H and O–H groups in total. The second-order valence-corrected chi connectivity index (χ2v) is 8.94. The van der Waals surface area contributed by atoms with Gasteiger partial charge in [0, 0.05) is 11.3 Å². The molecule has 2 saturated heterocycles. The van der Waals surface area contributed by atoms with E-state index in [4.69, 9.17) is 12.2 Å². The van der Waals surface area contributed by atoms with Crippen molar-refractivity contribution in [1.82, 2.24) is 4.90 Å². The van der Waals surface area contributed by atoms with Crippen molar-refractivity contribution in [2.45, 2.75) is 43.0 Å². The monoisotopic (exact) mass is 277 g/mol. The highest BCUT2D eigenvalue weighted by molar-refractivity contribution is 8.24. The van der Waals surface area contributed by atoms with Gasteiger partial charge in [0.25, 0.3) is 0 Å². The molecule has 0 amide bonds. The molecule has 0 unspecified atom stereocenters. The fraction of sp³-hybridized carbons (Fsp3) is 0.900. The summed E-state index contributed by atoms with van der Waals surface area (Å²) in [4.78, 5) is 2.25. The van der Waals surface area contributed by atoms with E-state index in [9.17, 15) is 8.42 Å². The third kappa shape index (κ3) is 1.78. The van der Waals surface area contributed by atoms with Crippen molar-refractivity contribution >= 4 is 38.1 Å². The lowest BCUT2D eigenvalue weighted by Gasteiger charge is -2.30. The number of thiocarbonyl (C=S) groups is 1. The molecule has 6 heteroatoms. The summed E-state index contributed by atoms with van der Waals surface area (Å²) in [5, 5.41) is 0.207. The lowest BCUT2D eigenvalue weighted by Crippen LogP contribution is -2.42. The Hall–Kier alpha value is 0.190. The zero-order valence-corrected chi connectivity index (χ0v) is 11.4. The van der Waals surface area contributed by atoms with Crippen molar-refractivity contribution in [2.24, 2.45) is 0 Å². The molecule has 3 aliphatic rings. The van der Waals surface area contributed by atoms with E-state index >= 15 is 0 Å². The van der Waals surface area contributed by atoms with E-state index in [0.29, 0.717) is 17.5 Å². The average Bonchev–Trinajstić information content (AvgIpc) is 2.79. The zero-order chi connectivity index (χ0) is 11.3. The Kier molecular flexibility index (Phi) is 2.72. The van der Waals surface area contributed by atoms with Crippen LogP contribution < -0.4 is 0 Å². The van der Waals surface area contributed by atoms with Crippen LogP contribution in [0.5, 0.6) is 0 Å². The van der Waals surface area contributed by atoms with Crippen molar-refractivity contribution < 1.29 is 8.42 Å². The average molecular weight is 277 g/mol. The summed E-state index contributed by atoms with van der Waals surface area (Å²) in [6.07, 6.45) is 4.89. The van der Waals surface area contributed by atoms with Crippen LogP contribution >= 0.6 is 24.0 Å². The zero-order valence-electron chi connectivity index (χ0n) is 8.96. The van der Waals surface area contributed by atoms with Crippen LogP contribution in [-0.2, 0) is 9.84 Å². The number of hydrogen-bond donors (Lipinski definition) is 0. The second-order valence-electron chi connectivity index (χ2n) is 4.91. The Morgan fingerprint density at radius 1 is 1.25 bits per heavy atom. The molecule has 2 aliphatic heterocycles. The van der Waals surface area contributed by atoms with Crippen molar-refractivity contribution in [3.8, 4) is 0 Å². The fourth-order valence-corrected chi connectivity index (χ4v) is 7.59. The van der Waals surface area contributed by atoms with Gasteiger partial charge >= 0.3 is 0 Å². The van der Waals surface area contributed by atoms with E-state index < -0.39 is 9.84 Å². The quantitative estimate of drug-likeness (QED) is 0.678. The Balaban J connectivity index is 1.85. The molecule has 0 aromatic rings. The van der Waals surface area contributed by atoms with Crippen molar-refractivity contribution in [3.63, 3.8) is 0 Å². The van der Waals surface area contributed by atoms with Crippen LogP contribution in [0.3, 0.4) is 0 Å². The van der Waals surface area contributed by atoms with Crippen LogP contribution in [0.4, 0.5) is 0 Å². The number of hydrogen-bond acceptors (Lipinski definition) is 4. The lowest BCUT2D eigenvalue weighted by atomic mass is 10.1. The maximum Gasteiger partial charge on any atom is 0.153 e. The summed E-state index contributed by atoms with van der Waals surface area (Å²) < 4.78 is 24.2. The Morgan fingerprint density at radius 3 is 2.62 bits per heavy atom. The number of nitrogens with zero attached hydrogens (tertiary/aromatic N) is 1. The van der Waals surface area contributed by atoms with Crippen LogP contribution in [0, 0.1) is 0 Å². The van der Waals surface area contributed by atoms with Gasteiger partial charge in [-0.3, -0.25) is 0 Å². The summed E-state index contributed by atoms with van der Waals surface area (Å²) in [6, 6.07) is 0.689. The minimum absolute atomic E-state index is 0.172. The van der Waals surface area contributed by atoms with Crippen LogP contribution in [0.2, 0.25) is 0 Å². The smallest absolute Gasteiger partial charge is 0.153 e. The Bertz CT molecular complexity index is 414. The van der Waals surface area contributed by atoms with Gasteiger partial charge in [0.2, 0.25) is 0 Å². The van der Waals surface area contributed by atoms with Gasteiger partial charge in [-0.25, -0.2) is 8.42 Å². The molecule has 0 aromatic carbocycles. The number of sulfone groups is 1. The SMILES string of the molecule is O=S1(=O)C[C@@H]2SC(=S)N(C3CCCC3)[C@@H]2C1. The van der Waals surface area contributed by atoms with Crippen molar-refractivity contribution in [3.05, 3.63) is 0 Å². The summed E-state index contributed by atoms with van der Waals surface area (Å²) in [6.45, 7) is 0. The first-order chi connectivity index (χ1) is 7.57. The van der Waals surface area contributed by atoms with E-state index in [1.807, 2.05) is 0 Å². The van der Waals surface area contributed by atoms with Gasteiger partial charge in [0.05, 0.1) is 17.5 Å². The Morgan fingerprint density at radius 2 is 1.94 bits per heavy atom. The molecule has 16 heavy (non-hydrogen) atoms. The van der Waals surface area contributed by atoms with Crippen LogP contribution in [-0.4, -0.2) is 46.5 Å². The van der Waals surface area contributed by atoms with Gasteiger partial charge in [-0.15, -0.1) is 0 Å². The van der Waals surface area contributed by atoms with Crippen molar-refractivity contribution in [1.29, 1.82) is 0 Å². The second kappa shape index (κ2) is 3.85. The minimum Gasteiger partial charge on any atom is -0.349 e. The standard InChI is InChI=1S/C10H15NO2S3/c12-16(13)5-8-9(6-16)15-10(14)11(8)7-3-1-2-4-7/h7-9H,1-6H2/t8-,9+/m1/s1. The normalized spacial score (nSPS) is 38.2. The third-order valence-electron chi connectivity index (χ3n) is 3.81. The highest BCUT2D eigenvalue weighted by atomic mass is 32.2. The van der Waals surface area contributed by atoms with Gasteiger partial charge in [-0.1, -0.05) is 36.8 Å². The van der Waals surface area contributed by atoms with E-state index in [0.717, 1.165) is 4.32 Å². The van der Waals surface area contributed by atoms with Crippen LogP contribution in [0.25, 0.3) is 0 Å². The maximum atomic E-state index is 11.6. The molecule has 2 heterocycles. The first kappa shape index (κ1) is 11.3. The molecular weight excluding hydrogens is 262 g/mol. The molecule has 3 fully saturated rings. The van der Waals surface area contributed by atoms with Crippen LogP contribution in [0.1, 0.15) is 25.7 Å². The minimum atomic E-state index is -2.81. The fourth-order valence-electron chi connectivity index (χ4n) is 3.10. The molecule has 0 bridgehead atoms. The number of thioether (sulfide) groups is 1. The van der Waals surface area contributed by atoms with E-state index in [-0.39, 0.29) is 11.3 Å². The van der Waals surface area contributed by atoms with Gasteiger partial charge < -0.3 is 4.90 Å².